The van der Waals surface area contributed by atoms with Gasteiger partial charge in [0, 0.05) is 16.5 Å². The minimum Gasteiger partial charge on any atom is -0.452 e. The summed E-state index contributed by atoms with van der Waals surface area (Å²) in [5, 5.41) is 3.50. The minimum absolute atomic E-state index is 0.682. The quantitative estimate of drug-likeness (QED) is 0.230. The first-order valence-electron chi connectivity index (χ1n) is 13.7. The fourth-order valence-corrected chi connectivity index (χ4v) is 5.55. The smallest absolute Gasteiger partial charge is 0.180 e. The molecular formula is C38H24N2O. The lowest BCUT2D eigenvalue weighted by Gasteiger charge is -2.08. The Morgan fingerprint density at radius 2 is 1.00 bits per heavy atom. The van der Waals surface area contributed by atoms with E-state index in [0.29, 0.717) is 11.4 Å². The molecule has 0 unspecified atom stereocenters. The first-order chi connectivity index (χ1) is 20.3. The molecule has 0 aliphatic rings. The maximum absolute atomic E-state index is 6.24. The predicted octanol–water partition coefficient (Wildman–Crippen LogP) is 10.2. The van der Waals surface area contributed by atoms with E-state index in [9.17, 15) is 0 Å². The van der Waals surface area contributed by atoms with Crippen molar-refractivity contribution in [1.29, 1.82) is 0 Å². The van der Waals surface area contributed by atoms with E-state index < -0.39 is 0 Å². The molecule has 192 valence electrons. The zero-order valence-corrected chi connectivity index (χ0v) is 22.2. The van der Waals surface area contributed by atoms with Gasteiger partial charge in [0.05, 0.1) is 0 Å². The molecule has 3 heteroatoms. The highest BCUT2D eigenvalue weighted by Gasteiger charge is 2.17. The molecule has 8 aromatic rings. The third kappa shape index (κ3) is 4.16. The van der Waals surface area contributed by atoms with E-state index in [4.69, 9.17) is 14.4 Å². The maximum atomic E-state index is 6.24. The van der Waals surface area contributed by atoms with E-state index in [1.165, 1.54) is 27.5 Å². The molecule has 0 atom stereocenters. The van der Waals surface area contributed by atoms with E-state index in [0.717, 1.165) is 38.9 Å². The molecule has 3 nitrogen and oxygen atoms in total. The minimum atomic E-state index is 0.682. The van der Waals surface area contributed by atoms with Crippen LogP contribution in [0.1, 0.15) is 0 Å². The summed E-state index contributed by atoms with van der Waals surface area (Å²) < 4.78 is 6.24. The van der Waals surface area contributed by atoms with E-state index >= 15 is 0 Å². The van der Waals surface area contributed by atoms with Gasteiger partial charge in [-0.2, -0.15) is 0 Å². The van der Waals surface area contributed by atoms with Crippen LogP contribution in [0.5, 0.6) is 0 Å². The molecule has 2 heterocycles. The molecule has 0 saturated heterocycles. The zero-order valence-electron chi connectivity index (χ0n) is 22.2. The number of hydrogen-bond donors (Lipinski definition) is 0. The largest absolute Gasteiger partial charge is 0.452 e. The first-order valence-corrected chi connectivity index (χ1v) is 13.7. The topological polar surface area (TPSA) is 38.9 Å². The Hall–Kier alpha value is -5.54. The zero-order chi connectivity index (χ0) is 27.2. The average Bonchev–Trinajstić information content (AvgIpc) is 3.43. The van der Waals surface area contributed by atoms with Crippen LogP contribution in [0.3, 0.4) is 0 Å². The summed E-state index contributed by atoms with van der Waals surface area (Å²) in [7, 11) is 0. The van der Waals surface area contributed by atoms with Gasteiger partial charge in [-0.05, 0) is 51.2 Å². The summed E-state index contributed by atoms with van der Waals surface area (Å²) in [5.41, 5.74) is 9.87. The molecular weight excluding hydrogens is 500 g/mol. The first kappa shape index (κ1) is 23.4. The Morgan fingerprint density at radius 3 is 1.76 bits per heavy atom. The van der Waals surface area contributed by atoms with Crippen molar-refractivity contribution >= 4 is 32.8 Å². The van der Waals surface area contributed by atoms with E-state index in [1.807, 2.05) is 36.4 Å². The fourth-order valence-electron chi connectivity index (χ4n) is 5.55. The molecule has 0 aliphatic heterocycles. The van der Waals surface area contributed by atoms with Gasteiger partial charge in [0.1, 0.15) is 16.8 Å². The monoisotopic (exact) mass is 524 g/mol. The van der Waals surface area contributed by atoms with Gasteiger partial charge >= 0.3 is 0 Å². The van der Waals surface area contributed by atoms with Crippen molar-refractivity contribution in [3.05, 3.63) is 146 Å². The number of para-hydroxylation sites is 1. The van der Waals surface area contributed by atoms with Gasteiger partial charge in [0.15, 0.2) is 11.4 Å². The molecule has 0 aliphatic carbocycles. The third-order valence-electron chi connectivity index (χ3n) is 7.71. The van der Waals surface area contributed by atoms with Crippen molar-refractivity contribution in [3.8, 4) is 44.9 Å². The molecule has 2 aromatic heterocycles. The molecule has 0 spiro atoms. The average molecular weight is 525 g/mol. The molecule has 0 fully saturated rings. The SMILES string of the molecule is c1ccc(-c2nc(-c3ccc(-c4ccc(-c5ccc6ccccc6c5)cc4)cc3)nc3c2oc2ccccc23)cc1. The molecule has 0 N–H and O–H groups in total. The van der Waals surface area contributed by atoms with Crippen LogP contribution in [-0.2, 0) is 0 Å². The Bertz CT molecular complexity index is 2180. The molecule has 6 aromatic carbocycles. The van der Waals surface area contributed by atoms with Gasteiger partial charge in [0.2, 0.25) is 0 Å². The molecule has 0 bridgehead atoms. The normalized spacial score (nSPS) is 11.4. The summed E-state index contributed by atoms with van der Waals surface area (Å²) in [5.74, 6) is 0.682. The molecule has 8 rings (SSSR count). The highest BCUT2D eigenvalue weighted by Crippen LogP contribution is 2.36. The lowest BCUT2D eigenvalue weighted by atomic mass is 9.98. The van der Waals surface area contributed by atoms with Crippen molar-refractivity contribution in [1.82, 2.24) is 9.97 Å². The van der Waals surface area contributed by atoms with Crippen molar-refractivity contribution in [3.63, 3.8) is 0 Å². The lowest BCUT2D eigenvalue weighted by molar-refractivity contribution is 0.667. The van der Waals surface area contributed by atoms with E-state index in [1.54, 1.807) is 0 Å². The molecule has 41 heavy (non-hydrogen) atoms. The van der Waals surface area contributed by atoms with Gasteiger partial charge in [-0.15, -0.1) is 0 Å². The van der Waals surface area contributed by atoms with Crippen LogP contribution in [0.15, 0.2) is 150 Å². The summed E-state index contributed by atoms with van der Waals surface area (Å²) in [6, 6.07) is 50.5. The van der Waals surface area contributed by atoms with Crippen molar-refractivity contribution in [2.24, 2.45) is 0 Å². The Balaban J connectivity index is 1.15. The second-order valence-corrected chi connectivity index (χ2v) is 10.3. The van der Waals surface area contributed by atoms with Crippen LogP contribution in [0, 0.1) is 0 Å². The Kier molecular flexibility index (Phi) is 5.46. The van der Waals surface area contributed by atoms with Gasteiger partial charge in [-0.25, -0.2) is 9.97 Å². The molecule has 0 saturated carbocycles. The van der Waals surface area contributed by atoms with Crippen LogP contribution >= 0.6 is 0 Å². The standard InChI is InChI=1S/C38H24N2O/c1-2-9-29(10-3-1)35-37-36(33-12-6-7-13-34(33)41-37)40-38(39-35)30-21-18-27(19-22-30)26-14-16-28(17-15-26)32-23-20-25-8-4-5-11-31(25)24-32/h1-24H. The van der Waals surface area contributed by atoms with Crippen LogP contribution in [-0.4, -0.2) is 9.97 Å². The second-order valence-electron chi connectivity index (χ2n) is 10.3. The van der Waals surface area contributed by atoms with Gasteiger partial charge < -0.3 is 4.42 Å². The number of rotatable bonds is 4. The summed E-state index contributed by atoms with van der Waals surface area (Å²) in [6.07, 6.45) is 0. The summed E-state index contributed by atoms with van der Waals surface area (Å²) in [6.45, 7) is 0. The van der Waals surface area contributed by atoms with Gasteiger partial charge in [-0.3, -0.25) is 0 Å². The van der Waals surface area contributed by atoms with Crippen LogP contribution in [0.2, 0.25) is 0 Å². The predicted molar refractivity (Wildman–Crippen MR) is 169 cm³/mol. The van der Waals surface area contributed by atoms with E-state index in [-0.39, 0.29) is 0 Å². The lowest BCUT2D eigenvalue weighted by Crippen LogP contribution is -1.94. The van der Waals surface area contributed by atoms with Crippen LogP contribution < -0.4 is 0 Å². The summed E-state index contributed by atoms with van der Waals surface area (Å²) in [4.78, 5) is 9.99. The number of nitrogens with zero attached hydrogens (tertiary/aromatic N) is 2. The number of fused-ring (bicyclic) bond motifs is 4. The number of benzene rings is 6. The van der Waals surface area contributed by atoms with Crippen LogP contribution in [0.25, 0.3) is 77.7 Å². The molecule has 0 radical (unpaired) electrons. The number of aromatic nitrogens is 2. The summed E-state index contributed by atoms with van der Waals surface area (Å²) >= 11 is 0. The highest BCUT2D eigenvalue weighted by atomic mass is 16.3. The van der Waals surface area contributed by atoms with Crippen LogP contribution in [0.4, 0.5) is 0 Å². The van der Waals surface area contributed by atoms with Crippen molar-refractivity contribution in [2.45, 2.75) is 0 Å². The second kappa shape index (κ2) is 9.58. The van der Waals surface area contributed by atoms with Crippen molar-refractivity contribution in [2.75, 3.05) is 0 Å². The third-order valence-corrected chi connectivity index (χ3v) is 7.71. The highest BCUT2D eigenvalue weighted by molar-refractivity contribution is 6.07. The fraction of sp³-hybridized carbons (Fsp3) is 0. The maximum Gasteiger partial charge on any atom is 0.180 e. The van der Waals surface area contributed by atoms with E-state index in [2.05, 4.69) is 109 Å². The van der Waals surface area contributed by atoms with Gasteiger partial charge in [0.25, 0.3) is 0 Å². The Labute approximate surface area is 237 Å². The molecule has 0 amide bonds. The number of hydrogen-bond acceptors (Lipinski definition) is 3. The van der Waals surface area contributed by atoms with Gasteiger partial charge in [-0.1, -0.05) is 127 Å². The number of furan rings is 1. The Morgan fingerprint density at radius 1 is 0.415 bits per heavy atom. The van der Waals surface area contributed by atoms with Crippen molar-refractivity contribution < 1.29 is 4.42 Å².